The number of fused-ring (bicyclic) bond motifs is 2. The summed E-state index contributed by atoms with van der Waals surface area (Å²) in [5, 5.41) is 4.16. The average molecular weight is 336 g/mol. The van der Waals surface area contributed by atoms with Crippen LogP contribution in [0.2, 0.25) is 5.02 Å². The Kier molecular flexibility index (Phi) is 4.19. The molecule has 3 heteroatoms. The Balaban J connectivity index is 1.74. The summed E-state index contributed by atoms with van der Waals surface area (Å²) in [6.45, 7) is 0. The average Bonchev–Trinajstić information content (AvgIpc) is 2.77. The summed E-state index contributed by atoms with van der Waals surface area (Å²) >= 11 is 6.11. The van der Waals surface area contributed by atoms with E-state index in [1.54, 1.807) is 0 Å². The minimum Gasteiger partial charge on any atom is -0.455 e. The van der Waals surface area contributed by atoms with Crippen LogP contribution in [-0.2, 0) is 0 Å². The van der Waals surface area contributed by atoms with Crippen molar-refractivity contribution in [1.82, 2.24) is 0 Å². The van der Waals surface area contributed by atoms with E-state index in [1.807, 2.05) is 36.4 Å². The molecular weight excluding hydrogens is 318 g/mol. The zero-order chi connectivity index (χ0) is 16.4. The molecule has 0 fully saturated rings. The first kappa shape index (κ1) is 15.2. The Morgan fingerprint density at radius 1 is 1.08 bits per heavy atom. The van der Waals surface area contributed by atoms with Crippen molar-refractivity contribution in [1.29, 1.82) is 0 Å². The van der Waals surface area contributed by atoms with Crippen LogP contribution in [0, 0.1) is 11.8 Å². The topological polar surface area (TPSA) is 21.3 Å². The van der Waals surface area contributed by atoms with Crippen LogP contribution in [0.3, 0.4) is 0 Å². The molecule has 0 bridgehead atoms. The van der Waals surface area contributed by atoms with Crippen molar-refractivity contribution in [2.45, 2.75) is 31.7 Å². The summed E-state index contributed by atoms with van der Waals surface area (Å²) in [5.41, 5.74) is 3.21. The number of benzene rings is 2. The van der Waals surface area contributed by atoms with Crippen LogP contribution in [0.25, 0.3) is 0 Å². The summed E-state index contributed by atoms with van der Waals surface area (Å²) < 4.78 is 6.08. The number of para-hydroxylation sites is 1. The molecule has 1 aliphatic heterocycles. The number of allylic oxidation sites excluding steroid dienone is 2. The van der Waals surface area contributed by atoms with Gasteiger partial charge in [-0.2, -0.15) is 0 Å². The van der Waals surface area contributed by atoms with E-state index in [2.05, 4.69) is 29.3 Å². The number of hydrogen-bond donors (Lipinski definition) is 1. The third-order valence-electron chi connectivity index (χ3n) is 4.36. The van der Waals surface area contributed by atoms with Crippen molar-refractivity contribution in [3.05, 3.63) is 64.7 Å². The van der Waals surface area contributed by atoms with E-state index in [-0.39, 0.29) is 6.04 Å². The van der Waals surface area contributed by atoms with Gasteiger partial charge in [0, 0.05) is 16.7 Å². The lowest BCUT2D eigenvalue weighted by molar-refractivity contribution is 0.483. The second-order valence-electron chi connectivity index (χ2n) is 6.10. The van der Waals surface area contributed by atoms with Crippen molar-refractivity contribution in [2.24, 2.45) is 0 Å². The van der Waals surface area contributed by atoms with Crippen LogP contribution in [0.5, 0.6) is 11.5 Å². The molecule has 0 saturated carbocycles. The lowest BCUT2D eigenvalue weighted by Crippen LogP contribution is -2.07. The van der Waals surface area contributed by atoms with Crippen LogP contribution in [0.15, 0.2) is 54.1 Å². The van der Waals surface area contributed by atoms with Crippen LogP contribution in [-0.4, -0.2) is 0 Å². The van der Waals surface area contributed by atoms with Gasteiger partial charge in [0.25, 0.3) is 0 Å². The lowest BCUT2D eigenvalue weighted by atomic mass is 9.99. The molecule has 2 aromatic rings. The van der Waals surface area contributed by atoms with Gasteiger partial charge in [-0.25, -0.2) is 0 Å². The molecule has 0 aromatic heterocycles. The molecule has 2 nitrogen and oxygen atoms in total. The molecule has 24 heavy (non-hydrogen) atoms. The Morgan fingerprint density at radius 2 is 2.00 bits per heavy atom. The third kappa shape index (κ3) is 3.13. The van der Waals surface area contributed by atoms with Gasteiger partial charge < -0.3 is 10.1 Å². The molecular formula is C21H18ClNO. The van der Waals surface area contributed by atoms with E-state index in [0.29, 0.717) is 5.02 Å². The third-order valence-corrected chi connectivity index (χ3v) is 4.60. The van der Waals surface area contributed by atoms with Crippen molar-refractivity contribution < 1.29 is 4.74 Å². The molecule has 120 valence electrons. The SMILES string of the molecule is Clc1ccc2c(c1)Oc1ccccc1[C@@H](C#CC1=CCCCC1)N2. The minimum absolute atomic E-state index is 0.105. The Morgan fingerprint density at radius 3 is 2.88 bits per heavy atom. The summed E-state index contributed by atoms with van der Waals surface area (Å²) in [6, 6.07) is 13.6. The monoisotopic (exact) mass is 335 g/mol. The molecule has 1 aliphatic carbocycles. The smallest absolute Gasteiger partial charge is 0.152 e. The zero-order valence-electron chi connectivity index (χ0n) is 13.3. The van der Waals surface area contributed by atoms with Gasteiger partial charge in [0.2, 0.25) is 0 Å². The summed E-state index contributed by atoms with van der Waals surface area (Å²) in [4.78, 5) is 0. The fourth-order valence-electron chi connectivity index (χ4n) is 3.09. The van der Waals surface area contributed by atoms with E-state index in [9.17, 15) is 0 Å². The molecule has 2 aliphatic rings. The number of anilines is 1. The number of ether oxygens (including phenoxy) is 1. The molecule has 2 aromatic carbocycles. The van der Waals surface area contributed by atoms with E-state index >= 15 is 0 Å². The van der Waals surface area contributed by atoms with Crippen molar-refractivity contribution in [2.75, 3.05) is 5.32 Å². The first-order valence-electron chi connectivity index (χ1n) is 8.33. The summed E-state index contributed by atoms with van der Waals surface area (Å²) in [7, 11) is 0. The summed E-state index contributed by atoms with van der Waals surface area (Å²) in [5.74, 6) is 8.32. The van der Waals surface area contributed by atoms with Crippen molar-refractivity contribution in [3.63, 3.8) is 0 Å². The second kappa shape index (κ2) is 6.63. The zero-order valence-corrected chi connectivity index (χ0v) is 14.1. The predicted octanol–water partition coefficient (Wildman–Crippen LogP) is 6.10. The number of nitrogens with one attached hydrogen (secondary N) is 1. The number of halogens is 1. The second-order valence-corrected chi connectivity index (χ2v) is 6.54. The van der Waals surface area contributed by atoms with Gasteiger partial charge >= 0.3 is 0 Å². The van der Waals surface area contributed by atoms with Crippen LogP contribution in [0.1, 0.15) is 37.3 Å². The molecule has 0 amide bonds. The van der Waals surface area contributed by atoms with E-state index in [0.717, 1.165) is 35.6 Å². The fourth-order valence-corrected chi connectivity index (χ4v) is 3.26. The van der Waals surface area contributed by atoms with Crippen LogP contribution >= 0.6 is 11.6 Å². The van der Waals surface area contributed by atoms with Gasteiger partial charge in [-0.1, -0.05) is 47.7 Å². The highest BCUT2D eigenvalue weighted by Crippen LogP contribution is 2.40. The molecule has 0 saturated heterocycles. The quantitative estimate of drug-likeness (QED) is 0.587. The molecule has 0 radical (unpaired) electrons. The molecule has 4 rings (SSSR count). The van der Waals surface area contributed by atoms with Crippen molar-refractivity contribution >= 4 is 17.3 Å². The number of hydrogen-bond acceptors (Lipinski definition) is 2. The highest BCUT2D eigenvalue weighted by atomic mass is 35.5. The standard InChI is InChI=1S/C21H18ClNO/c22-16-11-13-19-21(14-16)24-20-9-5-4-8-17(20)18(23-19)12-10-15-6-2-1-3-7-15/h4-6,8-9,11,13-14,18,23H,1-3,7H2/t18-/m1/s1. The van der Waals surface area contributed by atoms with Crippen LogP contribution in [0.4, 0.5) is 5.69 Å². The maximum atomic E-state index is 6.11. The van der Waals surface area contributed by atoms with E-state index in [1.165, 1.54) is 18.4 Å². The molecule has 1 N–H and O–H groups in total. The molecule has 0 spiro atoms. The largest absolute Gasteiger partial charge is 0.455 e. The first-order valence-corrected chi connectivity index (χ1v) is 8.71. The van der Waals surface area contributed by atoms with Gasteiger partial charge in [-0.3, -0.25) is 0 Å². The summed E-state index contributed by atoms with van der Waals surface area (Å²) in [6.07, 6.45) is 7.01. The fraction of sp³-hybridized carbons (Fsp3) is 0.238. The minimum atomic E-state index is -0.105. The van der Waals surface area contributed by atoms with Gasteiger partial charge in [0.1, 0.15) is 11.8 Å². The molecule has 1 heterocycles. The Bertz CT molecular complexity index is 860. The maximum absolute atomic E-state index is 6.11. The highest BCUT2D eigenvalue weighted by Gasteiger charge is 2.21. The van der Waals surface area contributed by atoms with Gasteiger partial charge in [-0.15, -0.1) is 0 Å². The van der Waals surface area contributed by atoms with E-state index in [4.69, 9.17) is 16.3 Å². The lowest BCUT2D eigenvalue weighted by Gasteiger charge is -2.13. The predicted molar refractivity (Wildman–Crippen MR) is 98.7 cm³/mol. The van der Waals surface area contributed by atoms with Gasteiger partial charge in [0.05, 0.1) is 5.69 Å². The number of rotatable bonds is 0. The van der Waals surface area contributed by atoms with Gasteiger partial charge in [-0.05, 0) is 49.5 Å². The molecule has 0 unspecified atom stereocenters. The normalized spacial score (nSPS) is 18.5. The Labute approximate surface area is 147 Å². The first-order chi connectivity index (χ1) is 11.8. The van der Waals surface area contributed by atoms with Crippen molar-refractivity contribution in [3.8, 4) is 23.3 Å². The van der Waals surface area contributed by atoms with E-state index < -0.39 is 0 Å². The molecule has 1 atom stereocenters. The van der Waals surface area contributed by atoms with Crippen LogP contribution < -0.4 is 10.1 Å². The highest BCUT2D eigenvalue weighted by molar-refractivity contribution is 6.30. The maximum Gasteiger partial charge on any atom is 0.152 e. The Hall–Kier alpha value is -2.37. The van der Waals surface area contributed by atoms with Gasteiger partial charge in [0.15, 0.2) is 5.75 Å².